The van der Waals surface area contributed by atoms with E-state index in [-0.39, 0.29) is 25.7 Å². The van der Waals surface area contributed by atoms with Crippen LogP contribution in [0.1, 0.15) is 62.4 Å². The highest BCUT2D eigenvalue weighted by molar-refractivity contribution is 5.99. The molecule has 0 fully saturated rings. The molecule has 1 aliphatic rings. The summed E-state index contributed by atoms with van der Waals surface area (Å²) in [4.78, 5) is 27.4. The molecule has 1 aromatic heterocycles. The maximum absolute atomic E-state index is 13.4. The molecule has 1 atom stereocenters. The summed E-state index contributed by atoms with van der Waals surface area (Å²) < 4.78 is 26.8. The minimum Gasteiger partial charge on any atom is -0.481 e. The zero-order chi connectivity index (χ0) is 21.6. The zero-order valence-electron chi connectivity index (χ0n) is 16.8. The molecule has 0 saturated carbocycles. The molecule has 1 aromatic carbocycles. The Morgan fingerprint density at radius 1 is 1.31 bits per heavy atom. The first-order valence-corrected chi connectivity index (χ1v) is 9.74. The quantitative estimate of drug-likeness (QED) is 0.730. The average Bonchev–Trinajstić information content (AvgIpc) is 2.68. The van der Waals surface area contributed by atoms with Crippen molar-refractivity contribution in [2.75, 3.05) is 0 Å². The molecule has 0 aliphatic heterocycles. The van der Waals surface area contributed by atoms with Gasteiger partial charge in [0.25, 0.3) is 11.8 Å². The first-order chi connectivity index (χ1) is 13.7. The van der Waals surface area contributed by atoms with E-state index in [2.05, 4.69) is 10.3 Å². The van der Waals surface area contributed by atoms with E-state index < -0.39 is 23.8 Å². The van der Waals surface area contributed by atoms with Crippen molar-refractivity contribution in [2.24, 2.45) is 0 Å². The number of carboxylic acids is 1. The van der Waals surface area contributed by atoms with E-state index in [4.69, 9.17) is 5.11 Å². The molecule has 1 heterocycles. The summed E-state index contributed by atoms with van der Waals surface area (Å²) >= 11 is 0. The molecule has 0 bridgehead atoms. The Labute approximate surface area is 168 Å². The van der Waals surface area contributed by atoms with Crippen LogP contribution in [0.4, 0.5) is 8.78 Å². The SMILES string of the molecule is CC.CC(CC(=O)O)NC(=O)c1cnc2c(C3=CCC(F)(F)CC3)cccc2c1. The summed E-state index contributed by atoms with van der Waals surface area (Å²) in [6, 6.07) is 6.63. The largest absolute Gasteiger partial charge is 0.481 e. The van der Waals surface area contributed by atoms with Gasteiger partial charge in [0.1, 0.15) is 0 Å². The zero-order valence-corrected chi connectivity index (χ0v) is 16.8. The number of carbonyl (C=O) groups is 2. The highest BCUT2D eigenvalue weighted by Gasteiger charge is 2.31. The van der Waals surface area contributed by atoms with Gasteiger partial charge >= 0.3 is 5.97 Å². The highest BCUT2D eigenvalue weighted by Crippen LogP contribution is 2.37. The molecule has 0 spiro atoms. The Bertz CT molecular complexity index is 925. The Kier molecular flexibility index (Phi) is 7.42. The molecule has 2 N–H and O–H groups in total. The van der Waals surface area contributed by atoms with Gasteiger partial charge in [-0.2, -0.15) is 0 Å². The smallest absolute Gasteiger partial charge is 0.305 e. The lowest BCUT2D eigenvalue weighted by Crippen LogP contribution is -2.34. The van der Waals surface area contributed by atoms with Gasteiger partial charge in [0.15, 0.2) is 0 Å². The van der Waals surface area contributed by atoms with Gasteiger partial charge < -0.3 is 10.4 Å². The van der Waals surface area contributed by atoms with Crippen LogP contribution in [0.5, 0.6) is 0 Å². The predicted molar refractivity (Wildman–Crippen MR) is 109 cm³/mol. The van der Waals surface area contributed by atoms with Gasteiger partial charge in [-0.15, -0.1) is 0 Å². The van der Waals surface area contributed by atoms with E-state index >= 15 is 0 Å². The van der Waals surface area contributed by atoms with Crippen molar-refractivity contribution in [3.8, 4) is 0 Å². The average molecular weight is 404 g/mol. The lowest BCUT2D eigenvalue weighted by molar-refractivity contribution is -0.137. The third-order valence-corrected chi connectivity index (χ3v) is 4.58. The molecule has 1 amide bonds. The van der Waals surface area contributed by atoms with E-state index in [0.29, 0.717) is 11.1 Å². The monoisotopic (exact) mass is 404 g/mol. The van der Waals surface area contributed by atoms with Crippen molar-refractivity contribution in [2.45, 2.75) is 58.4 Å². The fourth-order valence-electron chi connectivity index (χ4n) is 3.20. The normalized spacial score (nSPS) is 16.2. The van der Waals surface area contributed by atoms with Gasteiger partial charge in [-0.1, -0.05) is 38.1 Å². The summed E-state index contributed by atoms with van der Waals surface area (Å²) in [6.07, 6.45) is 2.64. The number of carboxylic acid groups (broad SMARTS) is 1. The molecule has 2 aromatic rings. The van der Waals surface area contributed by atoms with Crippen molar-refractivity contribution in [1.29, 1.82) is 0 Å². The molecular weight excluding hydrogens is 378 g/mol. The number of hydrogen-bond acceptors (Lipinski definition) is 3. The van der Waals surface area contributed by atoms with Gasteiger partial charge in [-0.05, 0) is 25.0 Å². The third kappa shape index (κ3) is 5.82. The maximum Gasteiger partial charge on any atom is 0.305 e. The first kappa shape index (κ1) is 22.5. The van der Waals surface area contributed by atoms with E-state index in [1.807, 2.05) is 26.0 Å². The molecule has 0 saturated heterocycles. The summed E-state index contributed by atoms with van der Waals surface area (Å²) in [5, 5.41) is 12.1. The molecule has 5 nitrogen and oxygen atoms in total. The number of aliphatic carboxylic acids is 1. The Morgan fingerprint density at radius 3 is 2.66 bits per heavy atom. The number of carbonyl (C=O) groups excluding carboxylic acids is 1. The number of alkyl halides is 2. The van der Waals surface area contributed by atoms with Gasteiger partial charge in [0.2, 0.25) is 0 Å². The summed E-state index contributed by atoms with van der Waals surface area (Å²) in [7, 11) is 0. The summed E-state index contributed by atoms with van der Waals surface area (Å²) in [5.41, 5.74) is 2.62. The van der Waals surface area contributed by atoms with Crippen molar-refractivity contribution in [1.82, 2.24) is 10.3 Å². The molecule has 29 heavy (non-hydrogen) atoms. The summed E-state index contributed by atoms with van der Waals surface area (Å²) in [5.74, 6) is -4.05. The lowest BCUT2D eigenvalue weighted by Gasteiger charge is -2.22. The van der Waals surface area contributed by atoms with Gasteiger partial charge in [-0.3, -0.25) is 14.6 Å². The van der Waals surface area contributed by atoms with Crippen molar-refractivity contribution in [3.05, 3.63) is 47.7 Å². The minimum absolute atomic E-state index is 0.171. The number of halogens is 2. The highest BCUT2D eigenvalue weighted by atomic mass is 19.3. The van der Waals surface area contributed by atoms with Crippen molar-refractivity contribution in [3.63, 3.8) is 0 Å². The van der Waals surface area contributed by atoms with Crippen LogP contribution in [0.2, 0.25) is 0 Å². The molecule has 1 unspecified atom stereocenters. The number of pyridine rings is 1. The van der Waals surface area contributed by atoms with Crippen LogP contribution < -0.4 is 5.32 Å². The Balaban J connectivity index is 0.00000145. The molecule has 7 heteroatoms. The fraction of sp³-hybridized carbons (Fsp3) is 0.409. The molecular formula is C22H26F2N2O3. The van der Waals surface area contributed by atoms with Gasteiger partial charge in [0.05, 0.1) is 17.5 Å². The van der Waals surface area contributed by atoms with E-state index in [1.54, 1.807) is 25.1 Å². The standard InChI is InChI=1S/C20H20F2N2O3.C2H6/c1-12(9-17(25)26)24-19(27)15-10-14-3-2-4-16(18(14)23-11-15)13-5-7-20(21,22)8-6-13;1-2/h2-5,10-12H,6-9H2,1H3,(H,24,27)(H,25,26);1-2H3. The van der Waals surface area contributed by atoms with Crippen LogP contribution in [0.15, 0.2) is 36.5 Å². The van der Waals surface area contributed by atoms with Gasteiger partial charge in [0, 0.05) is 36.0 Å². The number of nitrogens with one attached hydrogen (secondary N) is 1. The topological polar surface area (TPSA) is 79.3 Å². The molecule has 3 rings (SSSR count). The van der Waals surface area contributed by atoms with Crippen LogP contribution in [0.3, 0.4) is 0 Å². The van der Waals surface area contributed by atoms with Crippen LogP contribution >= 0.6 is 0 Å². The third-order valence-electron chi connectivity index (χ3n) is 4.58. The second-order valence-electron chi connectivity index (χ2n) is 6.86. The molecule has 0 radical (unpaired) electrons. The van der Waals surface area contributed by atoms with Gasteiger partial charge in [-0.25, -0.2) is 8.78 Å². The van der Waals surface area contributed by atoms with Crippen LogP contribution in [0.25, 0.3) is 16.5 Å². The number of rotatable bonds is 5. The number of benzene rings is 1. The second kappa shape index (κ2) is 9.58. The molecule has 1 aliphatic carbocycles. The first-order valence-electron chi connectivity index (χ1n) is 9.74. The number of nitrogens with zero attached hydrogens (tertiary/aromatic N) is 1. The number of aromatic nitrogens is 1. The predicted octanol–water partition coefficient (Wildman–Crippen LogP) is 5.06. The van der Waals surface area contributed by atoms with Crippen LogP contribution in [-0.2, 0) is 4.79 Å². The number of amides is 1. The van der Waals surface area contributed by atoms with E-state index in [0.717, 1.165) is 16.5 Å². The Hall–Kier alpha value is -2.83. The summed E-state index contributed by atoms with van der Waals surface area (Å²) in [6.45, 7) is 5.62. The van der Waals surface area contributed by atoms with Crippen LogP contribution in [-0.4, -0.2) is 33.9 Å². The maximum atomic E-state index is 13.4. The second-order valence-corrected chi connectivity index (χ2v) is 6.86. The minimum atomic E-state index is -2.65. The number of allylic oxidation sites excluding steroid dienone is 2. The Morgan fingerprint density at radius 2 is 2.03 bits per heavy atom. The number of para-hydroxylation sites is 1. The lowest BCUT2D eigenvalue weighted by atomic mass is 9.90. The van der Waals surface area contributed by atoms with Crippen LogP contribution in [0, 0.1) is 0 Å². The fourth-order valence-corrected chi connectivity index (χ4v) is 3.20. The number of hydrogen-bond donors (Lipinski definition) is 2. The van der Waals surface area contributed by atoms with E-state index in [1.165, 1.54) is 6.20 Å². The molecule has 156 valence electrons. The number of fused-ring (bicyclic) bond motifs is 1. The van der Waals surface area contributed by atoms with Crippen molar-refractivity contribution >= 4 is 28.4 Å². The van der Waals surface area contributed by atoms with E-state index in [9.17, 15) is 18.4 Å². The van der Waals surface area contributed by atoms with Crippen molar-refractivity contribution < 1.29 is 23.5 Å².